The number of urea groups is 1. The number of rotatable bonds is 6. The van der Waals surface area contributed by atoms with Gasteiger partial charge in [-0.2, -0.15) is 4.31 Å². The summed E-state index contributed by atoms with van der Waals surface area (Å²) in [6.07, 6.45) is 3.12. The number of aliphatic hydroxyl groups is 1. The highest BCUT2D eigenvalue weighted by Gasteiger charge is 2.38. The van der Waals surface area contributed by atoms with E-state index in [-0.39, 0.29) is 36.3 Å². The van der Waals surface area contributed by atoms with Crippen LogP contribution in [0.5, 0.6) is 5.75 Å². The number of aliphatic hydroxyl groups excluding tert-OH is 1. The number of carbonyl (C=O) groups excluding carboxylic acids is 1. The van der Waals surface area contributed by atoms with Crippen LogP contribution >= 0.6 is 0 Å². The molecule has 0 spiro atoms. The average molecular weight is 506 g/mol. The van der Waals surface area contributed by atoms with E-state index in [9.17, 15) is 22.7 Å². The maximum Gasteiger partial charge on any atom is 0.321 e. The Kier molecular flexibility index (Phi) is 8.52. The van der Waals surface area contributed by atoms with E-state index in [0.717, 1.165) is 5.56 Å². The van der Waals surface area contributed by atoms with Crippen molar-refractivity contribution in [3.8, 4) is 5.75 Å². The third kappa shape index (κ3) is 6.19. The number of nitrogens with zero attached hydrogens (tertiary/aromatic N) is 2. The first-order valence-corrected chi connectivity index (χ1v) is 12.8. The van der Waals surface area contributed by atoms with Gasteiger partial charge in [0.1, 0.15) is 22.6 Å². The third-order valence-corrected chi connectivity index (χ3v) is 7.95. The highest BCUT2D eigenvalue weighted by molar-refractivity contribution is 7.89. The van der Waals surface area contributed by atoms with Crippen LogP contribution in [0.15, 0.2) is 53.4 Å². The molecule has 2 aromatic rings. The first-order valence-electron chi connectivity index (χ1n) is 11.4. The molecule has 0 aromatic heterocycles. The first-order chi connectivity index (χ1) is 16.6. The fourth-order valence-corrected chi connectivity index (χ4v) is 5.72. The minimum atomic E-state index is -3.94. The third-order valence-electron chi connectivity index (χ3n) is 5.93. The molecule has 3 atom stereocenters. The van der Waals surface area contributed by atoms with Crippen LogP contribution in [0.4, 0.5) is 14.9 Å². The van der Waals surface area contributed by atoms with Gasteiger partial charge in [-0.15, -0.1) is 0 Å². The molecule has 8 nitrogen and oxygen atoms in total. The molecule has 0 radical (unpaired) electrons. The zero-order valence-electron chi connectivity index (χ0n) is 20.3. The lowest BCUT2D eigenvalue weighted by Gasteiger charge is -2.37. The van der Waals surface area contributed by atoms with E-state index in [1.54, 1.807) is 32.2 Å². The molecule has 0 fully saturated rings. The Balaban J connectivity index is 1.93. The van der Waals surface area contributed by atoms with Crippen molar-refractivity contribution in [1.29, 1.82) is 0 Å². The highest BCUT2D eigenvalue weighted by atomic mass is 32.2. The standard InChI is InChI=1S/C25H32FN3O5S/c1-5-7-19-10-11-24-22(12-19)34-23(17(2)14-29(18(3)16-30)35(24,32)33)15-28(4)25(31)27-21-9-6-8-20(26)13-21/h5-13,17-18,23,30H,14-16H2,1-4H3,(H,27,31)/t17-,18-,23-/m1/s1. The molecule has 3 rings (SSSR count). The van der Waals surface area contributed by atoms with Crippen molar-refractivity contribution in [2.24, 2.45) is 5.92 Å². The molecule has 0 saturated carbocycles. The van der Waals surface area contributed by atoms with Crippen molar-refractivity contribution in [2.75, 3.05) is 32.1 Å². The van der Waals surface area contributed by atoms with Crippen molar-refractivity contribution >= 4 is 27.8 Å². The van der Waals surface area contributed by atoms with E-state index in [1.165, 1.54) is 33.5 Å². The minimum absolute atomic E-state index is 0.00909. The van der Waals surface area contributed by atoms with Crippen LogP contribution in [-0.2, 0) is 10.0 Å². The summed E-state index contributed by atoms with van der Waals surface area (Å²) in [7, 11) is -2.35. The van der Waals surface area contributed by atoms with Crippen molar-refractivity contribution < 1.29 is 27.4 Å². The summed E-state index contributed by atoms with van der Waals surface area (Å²) in [5.74, 6) is -0.594. The fraction of sp³-hybridized carbons (Fsp3) is 0.400. The van der Waals surface area contributed by atoms with E-state index >= 15 is 0 Å². The van der Waals surface area contributed by atoms with Crippen molar-refractivity contribution in [3.05, 3.63) is 59.9 Å². The van der Waals surface area contributed by atoms with Crippen LogP contribution in [0.2, 0.25) is 0 Å². The Morgan fingerprint density at radius 1 is 1.34 bits per heavy atom. The number of anilines is 1. The zero-order chi connectivity index (χ0) is 25.8. The molecule has 0 saturated heterocycles. The summed E-state index contributed by atoms with van der Waals surface area (Å²) in [6, 6.07) is 9.36. The number of carbonyl (C=O) groups is 1. The van der Waals surface area contributed by atoms with Gasteiger partial charge in [-0.3, -0.25) is 0 Å². The summed E-state index contributed by atoms with van der Waals surface area (Å²) >= 11 is 0. The molecule has 1 aliphatic heterocycles. The fourth-order valence-electron chi connectivity index (χ4n) is 3.89. The van der Waals surface area contributed by atoms with Gasteiger partial charge in [0.05, 0.1) is 13.2 Å². The largest absolute Gasteiger partial charge is 0.487 e. The number of allylic oxidation sites excluding steroid dienone is 1. The number of hydrogen-bond donors (Lipinski definition) is 2. The number of amides is 2. The molecule has 1 heterocycles. The number of sulfonamides is 1. The number of benzene rings is 2. The number of fused-ring (bicyclic) bond motifs is 1. The summed E-state index contributed by atoms with van der Waals surface area (Å²) in [5, 5.41) is 12.4. The number of hydrogen-bond acceptors (Lipinski definition) is 5. The van der Waals surface area contributed by atoms with Gasteiger partial charge >= 0.3 is 6.03 Å². The predicted molar refractivity (Wildman–Crippen MR) is 133 cm³/mol. The molecule has 1 aliphatic rings. The van der Waals surface area contributed by atoms with Gasteiger partial charge in [0.2, 0.25) is 10.0 Å². The second-order valence-corrected chi connectivity index (χ2v) is 10.6. The lowest BCUT2D eigenvalue weighted by molar-refractivity contribution is 0.0830. The highest BCUT2D eigenvalue weighted by Crippen LogP contribution is 2.34. The first kappa shape index (κ1) is 26.7. The maximum atomic E-state index is 13.5. The Hall–Kier alpha value is -2.95. The maximum absolute atomic E-state index is 13.5. The average Bonchev–Trinajstić information content (AvgIpc) is 2.81. The van der Waals surface area contributed by atoms with E-state index in [1.807, 2.05) is 26.0 Å². The normalized spacial score (nSPS) is 20.9. The lowest BCUT2D eigenvalue weighted by Crippen LogP contribution is -2.50. The molecule has 0 unspecified atom stereocenters. The summed E-state index contributed by atoms with van der Waals surface area (Å²) in [5.41, 5.74) is 1.09. The number of nitrogens with one attached hydrogen (secondary N) is 1. The van der Waals surface area contributed by atoms with Gasteiger partial charge in [-0.05, 0) is 49.7 Å². The van der Waals surface area contributed by atoms with Crippen LogP contribution in [0.25, 0.3) is 6.08 Å². The number of likely N-dealkylation sites (N-methyl/N-ethyl adjacent to an activating group) is 1. The SMILES string of the molecule is CC=Cc1ccc2c(c1)O[C@H](CN(C)C(=O)Nc1cccc(F)c1)[C@H](C)CN([C@H](C)CO)S2(=O)=O. The molecule has 35 heavy (non-hydrogen) atoms. The van der Waals surface area contributed by atoms with Gasteiger partial charge in [0.15, 0.2) is 0 Å². The van der Waals surface area contributed by atoms with E-state index in [2.05, 4.69) is 5.32 Å². The minimum Gasteiger partial charge on any atom is -0.487 e. The second-order valence-electron chi connectivity index (χ2n) is 8.77. The van der Waals surface area contributed by atoms with Crippen LogP contribution < -0.4 is 10.1 Å². The molecule has 190 valence electrons. The van der Waals surface area contributed by atoms with E-state index in [0.29, 0.717) is 5.69 Å². The molecular formula is C25H32FN3O5S. The van der Waals surface area contributed by atoms with Gasteiger partial charge < -0.3 is 20.1 Å². The molecule has 0 bridgehead atoms. The lowest BCUT2D eigenvalue weighted by atomic mass is 10.0. The quantitative estimate of drug-likeness (QED) is 0.622. The van der Waals surface area contributed by atoms with E-state index < -0.39 is 34.0 Å². The van der Waals surface area contributed by atoms with Crippen LogP contribution in [-0.4, -0.2) is 67.7 Å². The predicted octanol–water partition coefficient (Wildman–Crippen LogP) is 3.79. The van der Waals surface area contributed by atoms with Crippen molar-refractivity contribution in [1.82, 2.24) is 9.21 Å². The van der Waals surface area contributed by atoms with Gasteiger partial charge in [0, 0.05) is 31.2 Å². The van der Waals surface area contributed by atoms with Crippen LogP contribution in [0, 0.1) is 11.7 Å². The second kappa shape index (κ2) is 11.2. The topological polar surface area (TPSA) is 99.2 Å². The Morgan fingerprint density at radius 3 is 2.74 bits per heavy atom. The summed E-state index contributed by atoms with van der Waals surface area (Å²) in [4.78, 5) is 14.2. The Labute approximate surface area is 206 Å². The molecular weight excluding hydrogens is 473 g/mol. The van der Waals surface area contributed by atoms with Gasteiger partial charge in [-0.1, -0.05) is 31.2 Å². The van der Waals surface area contributed by atoms with Gasteiger partial charge in [-0.25, -0.2) is 17.6 Å². The summed E-state index contributed by atoms with van der Waals surface area (Å²) < 4.78 is 48.0. The van der Waals surface area contributed by atoms with Crippen molar-refractivity contribution in [2.45, 2.75) is 37.8 Å². The Morgan fingerprint density at radius 2 is 2.09 bits per heavy atom. The number of ether oxygens (including phenoxy) is 1. The van der Waals surface area contributed by atoms with Crippen LogP contribution in [0.1, 0.15) is 26.3 Å². The molecule has 2 aromatic carbocycles. The molecule has 2 amide bonds. The molecule has 10 heteroatoms. The number of halogens is 1. The van der Waals surface area contributed by atoms with Crippen molar-refractivity contribution in [3.63, 3.8) is 0 Å². The van der Waals surface area contributed by atoms with Crippen LogP contribution in [0.3, 0.4) is 0 Å². The zero-order valence-corrected chi connectivity index (χ0v) is 21.1. The van der Waals surface area contributed by atoms with Gasteiger partial charge in [0.25, 0.3) is 0 Å². The Bertz CT molecular complexity index is 1190. The van der Waals surface area contributed by atoms with E-state index in [4.69, 9.17) is 4.74 Å². The molecule has 2 N–H and O–H groups in total. The monoisotopic (exact) mass is 505 g/mol. The smallest absolute Gasteiger partial charge is 0.321 e. The molecule has 0 aliphatic carbocycles. The summed E-state index contributed by atoms with van der Waals surface area (Å²) in [6.45, 7) is 5.26.